The van der Waals surface area contributed by atoms with Crippen LogP contribution in [0.3, 0.4) is 0 Å². The summed E-state index contributed by atoms with van der Waals surface area (Å²) in [7, 11) is 0. The van der Waals surface area contributed by atoms with Gasteiger partial charge in [-0.05, 0) is 31.2 Å². The van der Waals surface area contributed by atoms with E-state index in [-0.39, 0.29) is 18.4 Å². The molecule has 0 unspecified atom stereocenters. The molecule has 29 heavy (non-hydrogen) atoms. The summed E-state index contributed by atoms with van der Waals surface area (Å²) in [6.07, 6.45) is 1.51. The lowest BCUT2D eigenvalue weighted by Crippen LogP contribution is -2.48. The summed E-state index contributed by atoms with van der Waals surface area (Å²) in [5.41, 5.74) is 1.07. The first-order chi connectivity index (χ1) is 14.0. The summed E-state index contributed by atoms with van der Waals surface area (Å²) in [5.74, 6) is -0.00632. The van der Waals surface area contributed by atoms with Crippen LogP contribution in [-0.2, 0) is 9.53 Å². The number of carbonyl (C=O) groups is 3. The number of nitrogens with zero attached hydrogens (tertiary/aromatic N) is 3. The number of anilines is 2. The molecule has 1 fully saturated rings. The standard InChI is InChI=1S/C21H24N4O4/c1-3-29-21(28)17-6-4-5-7-18(17)23-20(27)16-8-9-19(22-14-16)25-12-10-24(11-13-25)15(2)26/h4-9,14H,3,10-13H2,1-2H3,(H,23,27). The molecule has 0 spiro atoms. The van der Waals surface area contributed by atoms with Gasteiger partial charge in [0.1, 0.15) is 5.82 Å². The number of pyridine rings is 1. The van der Waals surface area contributed by atoms with E-state index < -0.39 is 5.97 Å². The van der Waals surface area contributed by atoms with E-state index in [0.29, 0.717) is 43.0 Å². The molecular weight excluding hydrogens is 372 g/mol. The molecule has 8 heteroatoms. The quantitative estimate of drug-likeness (QED) is 0.779. The fourth-order valence-corrected chi connectivity index (χ4v) is 3.13. The van der Waals surface area contributed by atoms with Crippen molar-refractivity contribution in [3.63, 3.8) is 0 Å². The first kappa shape index (κ1) is 20.3. The third-order valence-corrected chi connectivity index (χ3v) is 4.73. The van der Waals surface area contributed by atoms with Gasteiger partial charge in [-0.3, -0.25) is 9.59 Å². The maximum atomic E-state index is 12.6. The van der Waals surface area contributed by atoms with Crippen LogP contribution in [0.4, 0.5) is 11.5 Å². The molecular formula is C21H24N4O4. The highest BCUT2D eigenvalue weighted by atomic mass is 16.5. The van der Waals surface area contributed by atoms with Crippen LogP contribution in [0.2, 0.25) is 0 Å². The van der Waals surface area contributed by atoms with Crippen molar-refractivity contribution in [1.82, 2.24) is 9.88 Å². The minimum Gasteiger partial charge on any atom is -0.462 e. The Kier molecular flexibility index (Phi) is 6.43. The van der Waals surface area contributed by atoms with E-state index in [2.05, 4.69) is 15.2 Å². The molecule has 8 nitrogen and oxygen atoms in total. The molecule has 2 heterocycles. The largest absolute Gasteiger partial charge is 0.462 e. The Hall–Kier alpha value is -3.42. The van der Waals surface area contributed by atoms with Gasteiger partial charge >= 0.3 is 5.97 Å². The first-order valence-corrected chi connectivity index (χ1v) is 9.53. The highest BCUT2D eigenvalue weighted by Crippen LogP contribution is 2.19. The Balaban J connectivity index is 1.66. The zero-order chi connectivity index (χ0) is 20.8. The van der Waals surface area contributed by atoms with Gasteiger partial charge in [-0.15, -0.1) is 0 Å². The summed E-state index contributed by atoms with van der Waals surface area (Å²) in [6, 6.07) is 10.2. The lowest BCUT2D eigenvalue weighted by atomic mass is 10.1. The molecule has 1 aliphatic heterocycles. The van der Waals surface area contributed by atoms with Crippen molar-refractivity contribution in [2.75, 3.05) is 43.0 Å². The fraction of sp³-hybridized carbons (Fsp3) is 0.333. The number of ether oxygens (including phenoxy) is 1. The van der Waals surface area contributed by atoms with Gasteiger partial charge in [-0.1, -0.05) is 12.1 Å². The van der Waals surface area contributed by atoms with Gasteiger partial charge < -0.3 is 19.9 Å². The SMILES string of the molecule is CCOC(=O)c1ccccc1NC(=O)c1ccc(N2CCN(C(C)=O)CC2)nc1. The number of carbonyl (C=O) groups excluding carboxylic acids is 3. The van der Waals surface area contributed by atoms with Crippen molar-refractivity contribution in [2.24, 2.45) is 0 Å². The molecule has 2 amide bonds. The summed E-state index contributed by atoms with van der Waals surface area (Å²) in [5, 5.41) is 2.75. The molecule has 1 aromatic heterocycles. The molecule has 1 aromatic carbocycles. The van der Waals surface area contributed by atoms with Gasteiger partial charge in [-0.25, -0.2) is 9.78 Å². The van der Waals surface area contributed by atoms with Crippen molar-refractivity contribution in [1.29, 1.82) is 0 Å². The van der Waals surface area contributed by atoms with E-state index in [1.807, 2.05) is 0 Å². The van der Waals surface area contributed by atoms with Crippen LogP contribution in [0.1, 0.15) is 34.6 Å². The molecule has 3 rings (SSSR count). The average Bonchev–Trinajstić information content (AvgIpc) is 2.74. The van der Waals surface area contributed by atoms with Gasteiger partial charge in [0.25, 0.3) is 5.91 Å². The number of piperazine rings is 1. The van der Waals surface area contributed by atoms with E-state index in [0.717, 1.165) is 5.82 Å². The van der Waals surface area contributed by atoms with Gasteiger partial charge in [-0.2, -0.15) is 0 Å². The maximum Gasteiger partial charge on any atom is 0.340 e. The zero-order valence-corrected chi connectivity index (χ0v) is 16.6. The Morgan fingerprint density at radius 3 is 2.41 bits per heavy atom. The highest BCUT2D eigenvalue weighted by Gasteiger charge is 2.20. The number of aromatic nitrogens is 1. The van der Waals surface area contributed by atoms with Crippen LogP contribution in [0, 0.1) is 0 Å². The summed E-state index contributed by atoms with van der Waals surface area (Å²) in [4.78, 5) is 44.4. The second-order valence-corrected chi connectivity index (χ2v) is 6.62. The second-order valence-electron chi connectivity index (χ2n) is 6.62. The van der Waals surface area contributed by atoms with E-state index in [9.17, 15) is 14.4 Å². The van der Waals surface area contributed by atoms with Crippen LogP contribution in [0.25, 0.3) is 0 Å². The number of para-hydroxylation sites is 1. The van der Waals surface area contributed by atoms with Crippen molar-refractivity contribution < 1.29 is 19.1 Å². The topological polar surface area (TPSA) is 91.8 Å². The van der Waals surface area contributed by atoms with Crippen LogP contribution in [0.5, 0.6) is 0 Å². The normalized spacial score (nSPS) is 13.7. The van der Waals surface area contributed by atoms with E-state index in [1.165, 1.54) is 6.20 Å². The Morgan fingerprint density at radius 1 is 1.07 bits per heavy atom. The van der Waals surface area contributed by atoms with Crippen molar-refractivity contribution in [3.8, 4) is 0 Å². The second kappa shape index (κ2) is 9.18. The molecule has 2 aromatic rings. The van der Waals surface area contributed by atoms with Gasteiger partial charge in [0.2, 0.25) is 5.91 Å². The summed E-state index contributed by atoms with van der Waals surface area (Å²) >= 11 is 0. The number of hydrogen-bond acceptors (Lipinski definition) is 6. The Labute approximate surface area is 169 Å². The van der Waals surface area contributed by atoms with Crippen LogP contribution < -0.4 is 10.2 Å². The predicted molar refractivity (Wildman–Crippen MR) is 109 cm³/mol. The number of benzene rings is 1. The zero-order valence-electron chi connectivity index (χ0n) is 16.6. The number of esters is 1. The van der Waals surface area contributed by atoms with E-state index >= 15 is 0 Å². The van der Waals surface area contributed by atoms with Crippen LogP contribution in [0.15, 0.2) is 42.6 Å². The molecule has 152 valence electrons. The number of hydrogen-bond donors (Lipinski definition) is 1. The maximum absolute atomic E-state index is 12.6. The average molecular weight is 396 g/mol. The van der Waals surface area contributed by atoms with Crippen molar-refractivity contribution in [3.05, 3.63) is 53.7 Å². The van der Waals surface area contributed by atoms with Gasteiger partial charge in [0, 0.05) is 39.3 Å². The first-order valence-electron chi connectivity index (χ1n) is 9.53. The third-order valence-electron chi connectivity index (χ3n) is 4.73. The summed E-state index contributed by atoms with van der Waals surface area (Å²) in [6.45, 7) is 6.27. The molecule has 1 saturated heterocycles. The lowest BCUT2D eigenvalue weighted by molar-refractivity contribution is -0.129. The number of rotatable bonds is 5. The smallest absolute Gasteiger partial charge is 0.340 e. The third kappa shape index (κ3) is 4.90. The fourth-order valence-electron chi connectivity index (χ4n) is 3.13. The molecule has 0 saturated carbocycles. The molecule has 0 atom stereocenters. The minimum atomic E-state index is -0.485. The van der Waals surface area contributed by atoms with Gasteiger partial charge in [0.05, 0.1) is 23.4 Å². The molecule has 0 bridgehead atoms. The molecule has 1 N–H and O–H groups in total. The summed E-state index contributed by atoms with van der Waals surface area (Å²) < 4.78 is 5.03. The van der Waals surface area contributed by atoms with Crippen LogP contribution in [-0.4, -0.2) is 60.5 Å². The highest BCUT2D eigenvalue weighted by molar-refractivity contribution is 6.07. The lowest BCUT2D eigenvalue weighted by Gasteiger charge is -2.34. The number of nitrogens with one attached hydrogen (secondary N) is 1. The van der Waals surface area contributed by atoms with Crippen molar-refractivity contribution >= 4 is 29.3 Å². The Morgan fingerprint density at radius 2 is 1.79 bits per heavy atom. The van der Waals surface area contributed by atoms with Crippen molar-refractivity contribution in [2.45, 2.75) is 13.8 Å². The number of amides is 2. The monoisotopic (exact) mass is 396 g/mol. The van der Waals surface area contributed by atoms with Crippen LogP contribution >= 0.6 is 0 Å². The van der Waals surface area contributed by atoms with Gasteiger partial charge in [0.15, 0.2) is 0 Å². The van der Waals surface area contributed by atoms with E-state index in [4.69, 9.17) is 4.74 Å². The molecule has 0 aliphatic carbocycles. The predicted octanol–water partition coefficient (Wildman–Crippen LogP) is 2.18. The van der Waals surface area contributed by atoms with E-state index in [1.54, 1.807) is 55.1 Å². The molecule has 0 radical (unpaired) electrons. The minimum absolute atomic E-state index is 0.0766. The Bertz CT molecular complexity index is 890. The molecule has 1 aliphatic rings.